The van der Waals surface area contributed by atoms with Crippen LogP contribution in [0.25, 0.3) is 10.6 Å². The first-order chi connectivity index (χ1) is 7.20. The third-order valence-electron chi connectivity index (χ3n) is 1.71. The van der Waals surface area contributed by atoms with E-state index in [0.29, 0.717) is 4.88 Å². The second kappa shape index (κ2) is 3.92. The smallest absolute Gasteiger partial charge is 0.258 e. The Balaban J connectivity index is 2.66. The SMILES string of the molecule is O=[N+]([O-])c1c(Cl)ncnc1-c1cccs1. The molecule has 0 aliphatic heterocycles. The van der Waals surface area contributed by atoms with Gasteiger partial charge in [0.2, 0.25) is 5.15 Å². The van der Waals surface area contributed by atoms with Gasteiger partial charge in [0.15, 0.2) is 5.69 Å². The molecule has 5 nitrogen and oxygen atoms in total. The second-order valence-electron chi connectivity index (χ2n) is 2.60. The molecule has 0 bridgehead atoms. The Hall–Kier alpha value is -1.53. The van der Waals surface area contributed by atoms with E-state index in [-0.39, 0.29) is 16.5 Å². The van der Waals surface area contributed by atoms with Crippen LogP contribution in [0.5, 0.6) is 0 Å². The van der Waals surface area contributed by atoms with Crippen LogP contribution in [0.1, 0.15) is 0 Å². The minimum absolute atomic E-state index is 0.140. The van der Waals surface area contributed by atoms with Crippen LogP contribution in [-0.2, 0) is 0 Å². The van der Waals surface area contributed by atoms with E-state index in [2.05, 4.69) is 9.97 Å². The fourth-order valence-corrected chi connectivity index (χ4v) is 2.04. The van der Waals surface area contributed by atoms with Crippen LogP contribution in [0, 0.1) is 10.1 Å². The van der Waals surface area contributed by atoms with Crippen LogP contribution in [-0.4, -0.2) is 14.9 Å². The molecule has 7 heteroatoms. The molecule has 0 radical (unpaired) electrons. The highest BCUT2D eigenvalue weighted by Crippen LogP contribution is 2.34. The normalized spacial score (nSPS) is 10.2. The van der Waals surface area contributed by atoms with Crippen molar-refractivity contribution in [2.45, 2.75) is 0 Å². The second-order valence-corrected chi connectivity index (χ2v) is 3.90. The van der Waals surface area contributed by atoms with Gasteiger partial charge in [-0.2, -0.15) is 0 Å². The summed E-state index contributed by atoms with van der Waals surface area (Å²) in [5, 5.41) is 12.5. The largest absolute Gasteiger partial charge is 0.333 e. The van der Waals surface area contributed by atoms with Crippen LogP contribution in [0.3, 0.4) is 0 Å². The number of aromatic nitrogens is 2. The number of hydrogen-bond acceptors (Lipinski definition) is 5. The van der Waals surface area contributed by atoms with Crippen molar-refractivity contribution >= 4 is 28.6 Å². The van der Waals surface area contributed by atoms with Gasteiger partial charge >= 0.3 is 5.69 Å². The molecule has 0 aliphatic carbocycles. The first-order valence-electron chi connectivity index (χ1n) is 3.89. The number of halogens is 1. The van der Waals surface area contributed by atoms with Crippen LogP contribution in [0.15, 0.2) is 23.8 Å². The predicted molar refractivity (Wildman–Crippen MR) is 57.0 cm³/mol. The van der Waals surface area contributed by atoms with Gasteiger partial charge in [0, 0.05) is 0 Å². The molecule has 0 aromatic carbocycles. The molecular weight excluding hydrogens is 238 g/mol. The van der Waals surface area contributed by atoms with Crippen molar-refractivity contribution in [1.82, 2.24) is 9.97 Å². The Bertz CT molecular complexity index is 501. The monoisotopic (exact) mass is 241 g/mol. The molecule has 15 heavy (non-hydrogen) atoms. The molecule has 0 aliphatic rings. The van der Waals surface area contributed by atoms with E-state index in [1.807, 2.05) is 5.38 Å². The third kappa shape index (κ3) is 1.81. The van der Waals surface area contributed by atoms with E-state index in [4.69, 9.17) is 11.6 Å². The summed E-state index contributed by atoms with van der Waals surface area (Å²) in [6.45, 7) is 0. The van der Waals surface area contributed by atoms with E-state index >= 15 is 0 Å². The molecule has 2 heterocycles. The summed E-state index contributed by atoms with van der Waals surface area (Å²) in [6.07, 6.45) is 1.21. The molecule has 0 spiro atoms. The number of hydrogen-bond donors (Lipinski definition) is 0. The summed E-state index contributed by atoms with van der Waals surface area (Å²) in [5.74, 6) is 0. The van der Waals surface area contributed by atoms with Gasteiger partial charge in [-0.05, 0) is 11.4 Å². The van der Waals surface area contributed by atoms with Crippen LogP contribution >= 0.6 is 22.9 Å². The van der Waals surface area contributed by atoms with Gasteiger partial charge in [0.05, 0.1) is 9.80 Å². The Kier molecular flexibility index (Phi) is 2.61. The molecule has 2 aromatic rings. The molecule has 0 saturated heterocycles. The summed E-state index contributed by atoms with van der Waals surface area (Å²) in [5.41, 5.74) is 0.0108. The molecule has 0 saturated carbocycles. The van der Waals surface area contributed by atoms with Crippen molar-refractivity contribution in [3.8, 4) is 10.6 Å². The zero-order chi connectivity index (χ0) is 10.8. The van der Waals surface area contributed by atoms with Crippen LogP contribution in [0.2, 0.25) is 5.15 Å². The van der Waals surface area contributed by atoms with E-state index in [1.54, 1.807) is 12.1 Å². The van der Waals surface area contributed by atoms with Gasteiger partial charge in [-0.25, -0.2) is 9.97 Å². The van der Waals surface area contributed by atoms with Crippen molar-refractivity contribution in [2.75, 3.05) is 0 Å². The number of nitro groups is 1. The zero-order valence-corrected chi connectivity index (χ0v) is 8.83. The van der Waals surface area contributed by atoms with Crippen molar-refractivity contribution in [2.24, 2.45) is 0 Å². The first-order valence-corrected chi connectivity index (χ1v) is 5.14. The van der Waals surface area contributed by atoms with Crippen molar-refractivity contribution in [3.05, 3.63) is 39.1 Å². The molecular formula is C8H4ClN3O2S. The molecule has 0 atom stereocenters. The van der Waals surface area contributed by atoms with Gasteiger partial charge in [0.1, 0.15) is 6.33 Å². The number of thiophene rings is 1. The summed E-state index contributed by atoms with van der Waals surface area (Å²) in [6, 6.07) is 3.54. The van der Waals surface area contributed by atoms with Crippen molar-refractivity contribution in [3.63, 3.8) is 0 Å². The minimum Gasteiger partial charge on any atom is -0.258 e. The molecule has 76 valence electrons. The Morgan fingerprint density at radius 3 is 2.87 bits per heavy atom. The van der Waals surface area contributed by atoms with Crippen LogP contribution in [0.4, 0.5) is 5.69 Å². The standard InChI is InChI=1S/C8H4ClN3O2S/c9-8-7(12(13)14)6(10-4-11-8)5-2-1-3-15-5/h1-4H. The topological polar surface area (TPSA) is 68.9 Å². The minimum atomic E-state index is -0.572. The quantitative estimate of drug-likeness (QED) is 0.461. The molecule has 2 rings (SSSR count). The van der Waals surface area contributed by atoms with Gasteiger partial charge < -0.3 is 0 Å². The molecule has 0 unspecified atom stereocenters. The average molecular weight is 242 g/mol. The van der Waals surface area contributed by atoms with Gasteiger partial charge in [-0.1, -0.05) is 17.7 Å². The summed E-state index contributed by atoms with van der Waals surface area (Å²) < 4.78 is 0. The third-order valence-corrected chi connectivity index (χ3v) is 2.87. The highest BCUT2D eigenvalue weighted by atomic mass is 35.5. The maximum atomic E-state index is 10.8. The maximum Gasteiger partial charge on any atom is 0.333 e. The fraction of sp³-hybridized carbons (Fsp3) is 0. The Labute approximate surface area is 93.5 Å². The van der Waals surface area contributed by atoms with Gasteiger partial charge in [-0.15, -0.1) is 11.3 Å². The highest BCUT2D eigenvalue weighted by Gasteiger charge is 2.22. The number of nitrogens with zero attached hydrogens (tertiary/aromatic N) is 3. The summed E-state index contributed by atoms with van der Waals surface area (Å²) >= 11 is 7.02. The van der Waals surface area contributed by atoms with Gasteiger partial charge in [-0.3, -0.25) is 10.1 Å². The van der Waals surface area contributed by atoms with E-state index in [1.165, 1.54) is 17.7 Å². The number of rotatable bonds is 2. The fourth-order valence-electron chi connectivity index (χ4n) is 1.11. The van der Waals surface area contributed by atoms with E-state index in [9.17, 15) is 10.1 Å². The molecule has 0 amide bonds. The van der Waals surface area contributed by atoms with Crippen LogP contribution < -0.4 is 0 Å². The lowest BCUT2D eigenvalue weighted by Gasteiger charge is -1.99. The molecule has 2 aromatic heterocycles. The zero-order valence-electron chi connectivity index (χ0n) is 7.25. The summed E-state index contributed by atoms with van der Waals surface area (Å²) in [7, 11) is 0. The Morgan fingerprint density at radius 1 is 1.47 bits per heavy atom. The van der Waals surface area contributed by atoms with Crippen molar-refractivity contribution in [1.29, 1.82) is 0 Å². The first kappa shape index (κ1) is 10.0. The average Bonchev–Trinajstić information content (AvgIpc) is 2.69. The highest BCUT2D eigenvalue weighted by molar-refractivity contribution is 7.13. The molecule has 0 fully saturated rings. The molecule has 0 N–H and O–H groups in total. The maximum absolute atomic E-state index is 10.8. The van der Waals surface area contributed by atoms with Gasteiger partial charge in [0.25, 0.3) is 0 Å². The van der Waals surface area contributed by atoms with Crippen molar-refractivity contribution < 1.29 is 4.92 Å². The lowest BCUT2D eigenvalue weighted by molar-refractivity contribution is -0.384. The lowest BCUT2D eigenvalue weighted by atomic mass is 10.3. The predicted octanol–water partition coefficient (Wildman–Crippen LogP) is 2.77. The van der Waals surface area contributed by atoms with E-state index < -0.39 is 4.92 Å². The van der Waals surface area contributed by atoms with E-state index in [0.717, 1.165) is 0 Å². The Morgan fingerprint density at radius 2 is 2.27 bits per heavy atom. The summed E-state index contributed by atoms with van der Waals surface area (Å²) in [4.78, 5) is 18.4. The lowest BCUT2D eigenvalue weighted by Crippen LogP contribution is -1.96.